The summed E-state index contributed by atoms with van der Waals surface area (Å²) < 4.78 is 4.12. The van der Waals surface area contributed by atoms with Gasteiger partial charge >= 0.3 is 0 Å². The Balaban J connectivity index is 1.85. The van der Waals surface area contributed by atoms with E-state index in [1.807, 2.05) is 48.3 Å². The third kappa shape index (κ3) is 3.53. The van der Waals surface area contributed by atoms with Crippen LogP contribution in [-0.2, 0) is 6.42 Å². The molecule has 0 aliphatic carbocycles. The lowest BCUT2D eigenvalue weighted by molar-refractivity contribution is 0.530. The molecule has 0 radical (unpaired) electrons. The van der Waals surface area contributed by atoms with E-state index in [4.69, 9.17) is 10.1 Å². The first-order valence-electron chi connectivity index (χ1n) is 9.11. The molecule has 0 aliphatic heterocycles. The molecule has 7 nitrogen and oxygen atoms in total. The normalized spacial score (nSPS) is 12.6. The van der Waals surface area contributed by atoms with Crippen LogP contribution in [-0.4, -0.2) is 34.3 Å². The Morgan fingerprint density at radius 3 is 2.67 bits per heavy atom. The van der Waals surface area contributed by atoms with Gasteiger partial charge in [-0.25, -0.2) is 14.6 Å². The summed E-state index contributed by atoms with van der Waals surface area (Å²) in [6.07, 6.45) is 10.2. The van der Waals surface area contributed by atoms with Crippen molar-refractivity contribution in [1.82, 2.24) is 34.3 Å². The first kappa shape index (κ1) is 17.2. The van der Waals surface area contributed by atoms with E-state index >= 15 is 0 Å². The van der Waals surface area contributed by atoms with Crippen LogP contribution in [0.1, 0.15) is 48.8 Å². The van der Waals surface area contributed by atoms with Gasteiger partial charge in [0.05, 0.1) is 18.1 Å². The predicted octanol–water partition coefficient (Wildman–Crippen LogP) is 3.45. The molecule has 4 aromatic heterocycles. The molecule has 1 N–H and O–H groups in total. The maximum absolute atomic E-state index is 4.93. The fourth-order valence-electron chi connectivity index (χ4n) is 3.14. The molecule has 1 atom stereocenters. The zero-order valence-corrected chi connectivity index (χ0v) is 15.7. The van der Waals surface area contributed by atoms with Gasteiger partial charge in [0.15, 0.2) is 11.6 Å². The van der Waals surface area contributed by atoms with Crippen LogP contribution in [0.5, 0.6) is 0 Å². The van der Waals surface area contributed by atoms with Crippen LogP contribution in [0.4, 0.5) is 0 Å². The van der Waals surface area contributed by atoms with Gasteiger partial charge < -0.3 is 9.55 Å². The standard InChI is InChI=1S/C20H23N7/c1-14(2)19-24-20(27(25-19)17-6-7-22-15(3)10-17)18(26-8-4-5-9-26)11-16-12-21-13-23-16/h4-10,12-14,18H,11H2,1-3H3,(H,21,23)/t18-/m1/s1. The van der Waals surface area contributed by atoms with Gasteiger partial charge in [-0.3, -0.25) is 4.98 Å². The monoisotopic (exact) mass is 361 g/mol. The van der Waals surface area contributed by atoms with Gasteiger partial charge in [-0.2, -0.15) is 5.10 Å². The van der Waals surface area contributed by atoms with Crippen LogP contribution in [0, 0.1) is 6.92 Å². The zero-order valence-electron chi connectivity index (χ0n) is 15.7. The first-order chi connectivity index (χ1) is 13.1. The number of nitrogens with zero attached hydrogens (tertiary/aromatic N) is 6. The topological polar surface area (TPSA) is 77.2 Å². The summed E-state index contributed by atoms with van der Waals surface area (Å²) in [4.78, 5) is 16.6. The van der Waals surface area contributed by atoms with Crippen LogP contribution < -0.4 is 0 Å². The molecule has 0 spiro atoms. The highest BCUT2D eigenvalue weighted by Gasteiger charge is 2.24. The van der Waals surface area contributed by atoms with Crippen LogP contribution in [0.25, 0.3) is 5.69 Å². The van der Waals surface area contributed by atoms with Gasteiger partial charge in [0.1, 0.15) is 0 Å². The van der Waals surface area contributed by atoms with E-state index in [9.17, 15) is 0 Å². The van der Waals surface area contributed by atoms with E-state index < -0.39 is 0 Å². The zero-order chi connectivity index (χ0) is 18.8. The summed E-state index contributed by atoms with van der Waals surface area (Å²) in [7, 11) is 0. The third-order valence-corrected chi connectivity index (χ3v) is 4.54. The lowest BCUT2D eigenvalue weighted by Gasteiger charge is -2.18. The fraction of sp³-hybridized carbons (Fsp3) is 0.300. The van der Waals surface area contributed by atoms with Gasteiger partial charge in [0, 0.05) is 48.5 Å². The second-order valence-corrected chi connectivity index (χ2v) is 6.98. The number of imidazole rings is 1. The average molecular weight is 361 g/mol. The molecule has 0 bridgehead atoms. The van der Waals surface area contributed by atoms with Crippen molar-refractivity contribution in [1.29, 1.82) is 0 Å². The van der Waals surface area contributed by atoms with Crippen LogP contribution in [0.2, 0.25) is 0 Å². The Hall–Kier alpha value is -3.22. The molecule has 27 heavy (non-hydrogen) atoms. The molecule has 138 valence electrons. The summed E-state index contributed by atoms with van der Waals surface area (Å²) in [6, 6.07) is 8.05. The van der Waals surface area contributed by atoms with Gasteiger partial charge in [-0.1, -0.05) is 13.8 Å². The van der Waals surface area contributed by atoms with Crippen molar-refractivity contribution < 1.29 is 0 Å². The first-order valence-corrected chi connectivity index (χ1v) is 9.11. The second kappa shape index (κ2) is 7.19. The van der Waals surface area contributed by atoms with E-state index in [0.717, 1.165) is 35.1 Å². The summed E-state index contributed by atoms with van der Waals surface area (Å²) in [5.41, 5.74) is 2.98. The molecule has 4 aromatic rings. The average Bonchev–Trinajstić information content (AvgIpc) is 3.40. The van der Waals surface area contributed by atoms with E-state index in [-0.39, 0.29) is 12.0 Å². The Bertz CT molecular complexity index is 997. The van der Waals surface area contributed by atoms with Gasteiger partial charge in [-0.15, -0.1) is 0 Å². The molecule has 0 fully saturated rings. The number of pyridine rings is 1. The molecular formula is C20H23N7. The maximum atomic E-state index is 4.93. The molecule has 0 saturated heterocycles. The van der Waals surface area contributed by atoms with Crippen molar-refractivity contribution in [2.24, 2.45) is 0 Å². The smallest absolute Gasteiger partial charge is 0.155 e. The molecule has 4 heterocycles. The minimum Gasteiger partial charge on any atom is -0.348 e. The molecule has 0 unspecified atom stereocenters. The van der Waals surface area contributed by atoms with Crippen molar-refractivity contribution in [3.05, 3.63) is 78.4 Å². The summed E-state index contributed by atoms with van der Waals surface area (Å²) in [5.74, 6) is 1.97. The largest absolute Gasteiger partial charge is 0.348 e. The minimum atomic E-state index is -0.00563. The molecule has 0 aromatic carbocycles. The van der Waals surface area contributed by atoms with Gasteiger partial charge in [0.25, 0.3) is 0 Å². The summed E-state index contributed by atoms with van der Waals surface area (Å²) >= 11 is 0. The van der Waals surface area contributed by atoms with Crippen molar-refractivity contribution in [3.8, 4) is 5.69 Å². The van der Waals surface area contributed by atoms with Crippen LogP contribution in [0.15, 0.2) is 55.4 Å². The van der Waals surface area contributed by atoms with Gasteiger partial charge in [-0.05, 0) is 31.2 Å². The number of rotatable bonds is 6. The van der Waals surface area contributed by atoms with Crippen molar-refractivity contribution >= 4 is 0 Å². The number of nitrogens with one attached hydrogen (secondary N) is 1. The molecule has 0 amide bonds. The number of hydrogen-bond donors (Lipinski definition) is 1. The van der Waals surface area contributed by atoms with Crippen molar-refractivity contribution in [3.63, 3.8) is 0 Å². The number of aromatic nitrogens is 7. The lowest BCUT2D eigenvalue weighted by Crippen LogP contribution is -2.18. The summed E-state index contributed by atoms with van der Waals surface area (Å²) in [6.45, 7) is 6.21. The number of hydrogen-bond acceptors (Lipinski definition) is 4. The highest BCUT2D eigenvalue weighted by Crippen LogP contribution is 2.25. The molecule has 0 aliphatic rings. The van der Waals surface area contributed by atoms with Crippen LogP contribution >= 0.6 is 0 Å². The molecule has 7 heteroatoms. The molecule has 0 saturated carbocycles. The highest BCUT2D eigenvalue weighted by molar-refractivity contribution is 5.33. The highest BCUT2D eigenvalue weighted by atomic mass is 15.4. The number of H-pyrrole nitrogens is 1. The fourth-order valence-corrected chi connectivity index (χ4v) is 3.14. The Kier molecular flexibility index (Phi) is 4.58. The second-order valence-electron chi connectivity index (χ2n) is 6.98. The van der Waals surface area contributed by atoms with Crippen molar-refractivity contribution in [2.75, 3.05) is 0 Å². The quantitative estimate of drug-likeness (QED) is 0.571. The number of aromatic amines is 1. The molecule has 4 rings (SSSR count). The van der Waals surface area contributed by atoms with E-state index in [1.54, 1.807) is 6.33 Å². The minimum absolute atomic E-state index is 0.00563. The van der Waals surface area contributed by atoms with Crippen LogP contribution in [0.3, 0.4) is 0 Å². The summed E-state index contributed by atoms with van der Waals surface area (Å²) in [5, 5.41) is 4.82. The Morgan fingerprint density at radius 2 is 2.00 bits per heavy atom. The Labute approximate surface area is 158 Å². The Morgan fingerprint density at radius 1 is 1.19 bits per heavy atom. The lowest BCUT2D eigenvalue weighted by atomic mass is 10.1. The van der Waals surface area contributed by atoms with Crippen molar-refractivity contribution in [2.45, 2.75) is 39.2 Å². The third-order valence-electron chi connectivity index (χ3n) is 4.54. The van der Waals surface area contributed by atoms with E-state index in [0.29, 0.717) is 0 Å². The maximum Gasteiger partial charge on any atom is 0.155 e. The SMILES string of the molecule is Cc1cc(-n2nc(C(C)C)nc2[C@@H](Cc2cnc[nH]2)n2cccc2)ccn1. The molecular weight excluding hydrogens is 338 g/mol. The van der Waals surface area contributed by atoms with Gasteiger partial charge in [0.2, 0.25) is 0 Å². The predicted molar refractivity (Wildman–Crippen MR) is 103 cm³/mol. The van der Waals surface area contributed by atoms with E-state index in [2.05, 4.69) is 45.8 Å². The number of aryl methyl sites for hydroxylation is 1. The van der Waals surface area contributed by atoms with E-state index in [1.165, 1.54) is 0 Å².